The molecule has 2 rings (SSSR count). The van der Waals surface area contributed by atoms with E-state index in [0.717, 1.165) is 29.6 Å². The van der Waals surface area contributed by atoms with Crippen molar-refractivity contribution >= 4 is 11.6 Å². The first-order valence-electron chi connectivity index (χ1n) is 6.73. The Morgan fingerprint density at radius 1 is 1.20 bits per heavy atom. The van der Waals surface area contributed by atoms with Crippen molar-refractivity contribution in [2.75, 3.05) is 17.2 Å². The molecular weight excluding hydrogens is 256 g/mol. The van der Waals surface area contributed by atoms with E-state index < -0.39 is 0 Å². The average molecular weight is 276 g/mol. The summed E-state index contributed by atoms with van der Waals surface area (Å²) in [5, 5.41) is 10.3. The van der Waals surface area contributed by atoms with Crippen LogP contribution in [-0.4, -0.2) is 26.7 Å². The standard InChI is InChI=1S/C13H20N6O/c1-5-14-12-9(4)13(18-11(17-12)8(2)3)15-6-10-16-7-20-19-10/h7-8H,5-6H2,1-4H3,(H2,14,15,17,18). The lowest BCUT2D eigenvalue weighted by molar-refractivity contribution is 0.411. The van der Waals surface area contributed by atoms with Gasteiger partial charge in [0.25, 0.3) is 0 Å². The van der Waals surface area contributed by atoms with Gasteiger partial charge in [0.05, 0.1) is 6.54 Å². The van der Waals surface area contributed by atoms with E-state index in [9.17, 15) is 0 Å². The lowest BCUT2D eigenvalue weighted by atomic mass is 10.2. The molecule has 0 aliphatic rings. The first kappa shape index (κ1) is 14.2. The third-order valence-corrected chi connectivity index (χ3v) is 2.84. The molecule has 0 aromatic carbocycles. The van der Waals surface area contributed by atoms with E-state index >= 15 is 0 Å². The molecule has 2 aromatic rings. The minimum Gasteiger partial charge on any atom is -0.370 e. The van der Waals surface area contributed by atoms with E-state index in [-0.39, 0.29) is 5.92 Å². The summed E-state index contributed by atoms with van der Waals surface area (Å²) in [5.41, 5.74) is 0.986. The zero-order valence-corrected chi connectivity index (χ0v) is 12.3. The lowest BCUT2D eigenvalue weighted by Gasteiger charge is -2.15. The average Bonchev–Trinajstić information content (AvgIpc) is 2.92. The number of rotatable bonds is 6. The smallest absolute Gasteiger partial charge is 0.213 e. The van der Waals surface area contributed by atoms with Crippen LogP contribution in [0, 0.1) is 6.92 Å². The summed E-state index contributed by atoms with van der Waals surface area (Å²) < 4.78 is 4.71. The summed E-state index contributed by atoms with van der Waals surface area (Å²) in [6, 6.07) is 0. The van der Waals surface area contributed by atoms with Gasteiger partial charge in [-0.3, -0.25) is 0 Å². The minimum atomic E-state index is 0.263. The van der Waals surface area contributed by atoms with Crippen molar-refractivity contribution in [2.45, 2.75) is 40.2 Å². The molecule has 0 unspecified atom stereocenters. The van der Waals surface area contributed by atoms with E-state index in [4.69, 9.17) is 4.52 Å². The third-order valence-electron chi connectivity index (χ3n) is 2.84. The largest absolute Gasteiger partial charge is 0.370 e. The molecule has 108 valence electrons. The monoisotopic (exact) mass is 276 g/mol. The van der Waals surface area contributed by atoms with Gasteiger partial charge in [-0.25, -0.2) is 9.97 Å². The molecule has 7 nitrogen and oxygen atoms in total. The highest BCUT2D eigenvalue weighted by molar-refractivity contribution is 5.57. The molecule has 0 saturated carbocycles. The first-order valence-corrected chi connectivity index (χ1v) is 6.73. The molecule has 0 spiro atoms. The normalized spacial score (nSPS) is 10.8. The Bertz CT molecular complexity index is 552. The Morgan fingerprint density at radius 2 is 1.90 bits per heavy atom. The second kappa shape index (κ2) is 6.31. The second-order valence-corrected chi connectivity index (χ2v) is 4.79. The predicted molar refractivity (Wildman–Crippen MR) is 76.6 cm³/mol. The summed E-state index contributed by atoms with van der Waals surface area (Å²) in [5.74, 6) is 3.33. The van der Waals surface area contributed by atoms with Crippen LogP contribution < -0.4 is 10.6 Å². The van der Waals surface area contributed by atoms with Crippen molar-refractivity contribution in [2.24, 2.45) is 0 Å². The van der Waals surface area contributed by atoms with Gasteiger partial charge in [0.2, 0.25) is 6.39 Å². The molecule has 0 bridgehead atoms. The SMILES string of the molecule is CCNc1nc(C(C)C)nc(NCc2ncon2)c1C. The number of anilines is 2. The summed E-state index contributed by atoms with van der Waals surface area (Å²) in [7, 11) is 0. The fourth-order valence-electron chi connectivity index (χ4n) is 1.74. The Hall–Kier alpha value is -2.18. The van der Waals surface area contributed by atoms with E-state index in [2.05, 4.69) is 44.6 Å². The van der Waals surface area contributed by atoms with Crippen LogP contribution in [0.5, 0.6) is 0 Å². The molecule has 0 saturated heterocycles. The predicted octanol–water partition coefficient (Wildman–Crippen LogP) is 2.34. The van der Waals surface area contributed by atoms with E-state index in [1.165, 1.54) is 6.39 Å². The molecule has 0 fully saturated rings. The Labute approximate surface area is 118 Å². The van der Waals surface area contributed by atoms with Gasteiger partial charge in [-0.05, 0) is 13.8 Å². The van der Waals surface area contributed by atoms with E-state index in [1.54, 1.807) is 0 Å². The molecule has 0 amide bonds. The number of nitrogens with zero attached hydrogens (tertiary/aromatic N) is 4. The van der Waals surface area contributed by atoms with Crippen molar-refractivity contribution in [3.05, 3.63) is 23.6 Å². The highest BCUT2D eigenvalue weighted by Gasteiger charge is 2.13. The van der Waals surface area contributed by atoms with E-state index in [0.29, 0.717) is 12.4 Å². The van der Waals surface area contributed by atoms with Crippen molar-refractivity contribution in [3.8, 4) is 0 Å². The van der Waals surface area contributed by atoms with Gasteiger partial charge in [0, 0.05) is 18.0 Å². The van der Waals surface area contributed by atoms with Crippen LogP contribution in [0.3, 0.4) is 0 Å². The maximum absolute atomic E-state index is 4.71. The molecule has 2 heterocycles. The summed E-state index contributed by atoms with van der Waals surface area (Å²) in [6.45, 7) is 9.47. The van der Waals surface area contributed by atoms with Crippen molar-refractivity contribution in [1.29, 1.82) is 0 Å². The van der Waals surface area contributed by atoms with Crippen molar-refractivity contribution in [1.82, 2.24) is 20.1 Å². The van der Waals surface area contributed by atoms with Crippen molar-refractivity contribution < 1.29 is 4.52 Å². The van der Waals surface area contributed by atoms with Gasteiger partial charge in [0.15, 0.2) is 5.82 Å². The fraction of sp³-hybridized carbons (Fsp3) is 0.538. The summed E-state index contributed by atoms with van der Waals surface area (Å²) in [6.07, 6.45) is 1.31. The van der Waals surface area contributed by atoms with Crippen LogP contribution in [0.1, 0.15) is 43.9 Å². The van der Waals surface area contributed by atoms with Crippen LogP contribution >= 0.6 is 0 Å². The first-order chi connectivity index (χ1) is 9.61. The molecule has 2 N–H and O–H groups in total. The Morgan fingerprint density at radius 3 is 2.45 bits per heavy atom. The molecule has 0 radical (unpaired) electrons. The van der Waals surface area contributed by atoms with Crippen LogP contribution in [0.2, 0.25) is 0 Å². The fourth-order valence-corrected chi connectivity index (χ4v) is 1.74. The van der Waals surface area contributed by atoms with Gasteiger partial charge in [0.1, 0.15) is 17.5 Å². The van der Waals surface area contributed by atoms with Crippen LogP contribution in [0.15, 0.2) is 10.9 Å². The molecule has 20 heavy (non-hydrogen) atoms. The summed E-state index contributed by atoms with van der Waals surface area (Å²) in [4.78, 5) is 13.1. The molecule has 0 aliphatic carbocycles. The van der Waals surface area contributed by atoms with Gasteiger partial charge in [-0.1, -0.05) is 19.0 Å². The second-order valence-electron chi connectivity index (χ2n) is 4.79. The zero-order valence-electron chi connectivity index (χ0n) is 12.3. The highest BCUT2D eigenvalue weighted by Crippen LogP contribution is 2.23. The molecular formula is C13H20N6O. The topological polar surface area (TPSA) is 88.8 Å². The maximum atomic E-state index is 4.71. The number of hydrogen-bond donors (Lipinski definition) is 2. The quantitative estimate of drug-likeness (QED) is 0.837. The molecule has 2 aromatic heterocycles. The van der Waals surface area contributed by atoms with Gasteiger partial charge < -0.3 is 15.2 Å². The zero-order chi connectivity index (χ0) is 14.5. The lowest BCUT2D eigenvalue weighted by Crippen LogP contribution is -2.12. The summed E-state index contributed by atoms with van der Waals surface area (Å²) >= 11 is 0. The van der Waals surface area contributed by atoms with Gasteiger partial charge in [-0.15, -0.1) is 0 Å². The maximum Gasteiger partial charge on any atom is 0.213 e. The molecule has 7 heteroatoms. The minimum absolute atomic E-state index is 0.263. The van der Waals surface area contributed by atoms with Gasteiger partial charge >= 0.3 is 0 Å². The number of nitrogens with one attached hydrogen (secondary N) is 2. The van der Waals surface area contributed by atoms with Crippen LogP contribution in [-0.2, 0) is 6.54 Å². The van der Waals surface area contributed by atoms with E-state index in [1.807, 2.05) is 13.8 Å². The number of hydrogen-bond acceptors (Lipinski definition) is 7. The van der Waals surface area contributed by atoms with Crippen molar-refractivity contribution in [3.63, 3.8) is 0 Å². The Kier molecular flexibility index (Phi) is 4.49. The van der Waals surface area contributed by atoms with Crippen LogP contribution in [0.4, 0.5) is 11.6 Å². The third kappa shape index (κ3) is 3.23. The Balaban J connectivity index is 2.25. The molecule has 0 aliphatic heterocycles. The number of aromatic nitrogens is 4. The van der Waals surface area contributed by atoms with Crippen LogP contribution in [0.25, 0.3) is 0 Å². The highest BCUT2D eigenvalue weighted by atomic mass is 16.5. The molecule has 0 atom stereocenters. The van der Waals surface area contributed by atoms with Gasteiger partial charge in [-0.2, -0.15) is 4.98 Å².